The summed E-state index contributed by atoms with van der Waals surface area (Å²) in [5.74, 6) is 1.00. The van der Waals surface area contributed by atoms with E-state index in [2.05, 4.69) is 10.1 Å². The number of amides is 1. The molecule has 5 nitrogen and oxygen atoms in total. The summed E-state index contributed by atoms with van der Waals surface area (Å²) >= 11 is 0. The van der Waals surface area contributed by atoms with E-state index in [1.165, 1.54) is 13.2 Å². The Bertz CT molecular complexity index is 781. The van der Waals surface area contributed by atoms with Crippen molar-refractivity contribution in [1.82, 2.24) is 5.32 Å². The Morgan fingerprint density at radius 1 is 1.11 bits per heavy atom. The van der Waals surface area contributed by atoms with Gasteiger partial charge in [-0.1, -0.05) is 26.0 Å². The van der Waals surface area contributed by atoms with Crippen molar-refractivity contribution in [2.24, 2.45) is 5.92 Å². The second-order valence-electron chi connectivity index (χ2n) is 6.60. The molecule has 152 valence electrons. The lowest BCUT2D eigenvalue weighted by Crippen LogP contribution is -2.25. The van der Waals surface area contributed by atoms with Gasteiger partial charge in [0.25, 0.3) is 5.91 Å². The van der Waals surface area contributed by atoms with Crippen molar-refractivity contribution >= 4 is 5.91 Å². The molecule has 0 radical (unpaired) electrons. The molecule has 2 rings (SSSR count). The second-order valence-corrected chi connectivity index (χ2v) is 6.60. The lowest BCUT2D eigenvalue weighted by molar-refractivity contribution is -0.0512. The molecule has 0 spiro atoms. The van der Waals surface area contributed by atoms with E-state index < -0.39 is 6.61 Å². The van der Waals surface area contributed by atoms with Gasteiger partial charge in [-0.3, -0.25) is 4.79 Å². The summed E-state index contributed by atoms with van der Waals surface area (Å²) in [6, 6.07) is 11.8. The Balaban J connectivity index is 1.92. The highest BCUT2D eigenvalue weighted by atomic mass is 19.3. The zero-order valence-electron chi connectivity index (χ0n) is 16.2. The number of halogens is 2. The van der Waals surface area contributed by atoms with Crippen LogP contribution in [0.15, 0.2) is 42.5 Å². The molecular weight excluding hydrogens is 368 g/mol. The molecule has 0 aromatic heterocycles. The van der Waals surface area contributed by atoms with E-state index in [0.29, 0.717) is 36.8 Å². The van der Waals surface area contributed by atoms with Crippen LogP contribution in [0.2, 0.25) is 0 Å². The topological polar surface area (TPSA) is 56.8 Å². The highest BCUT2D eigenvalue weighted by Crippen LogP contribution is 2.29. The van der Waals surface area contributed by atoms with Crippen molar-refractivity contribution in [3.8, 4) is 17.2 Å². The number of methoxy groups -OCH3 is 1. The summed E-state index contributed by atoms with van der Waals surface area (Å²) in [6.07, 6.45) is 0.457. The molecule has 0 saturated carbocycles. The Labute approximate surface area is 163 Å². The summed E-state index contributed by atoms with van der Waals surface area (Å²) in [6.45, 7) is 2.08. The molecule has 0 saturated heterocycles. The molecule has 0 atom stereocenters. The predicted octanol–water partition coefficient (Wildman–Crippen LogP) is 4.30. The van der Waals surface area contributed by atoms with Crippen LogP contribution in [0.25, 0.3) is 0 Å². The first kappa shape index (κ1) is 21.5. The lowest BCUT2D eigenvalue weighted by Gasteiger charge is -2.12. The molecule has 2 aromatic rings. The minimum absolute atomic E-state index is 0.0312. The van der Waals surface area contributed by atoms with E-state index in [4.69, 9.17) is 9.47 Å². The maximum absolute atomic E-state index is 12.5. The second kappa shape index (κ2) is 10.5. The van der Waals surface area contributed by atoms with Gasteiger partial charge in [0.2, 0.25) is 0 Å². The largest absolute Gasteiger partial charge is 0.493 e. The predicted molar refractivity (Wildman–Crippen MR) is 102 cm³/mol. The number of ether oxygens (including phenoxy) is 3. The van der Waals surface area contributed by atoms with Gasteiger partial charge in [-0.05, 0) is 48.2 Å². The van der Waals surface area contributed by atoms with E-state index in [-0.39, 0.29) is 17.4 Å². The molecule has 28 heavy (non-hydrogen) atoms. The van der Waals surface area contributed by atoms with Crippen LogP contribution in [-0.2, 0) is 6.42 Å². The first-order chi connectivity index (χ1) is 13.4. The average molecular weight is 393 g/mol. The zero-order chi connectivity index (χ0) is 20.5. The monoisotopic (exact) mass is 393 g/mol. The van der Waals surface area contributed by atoms with E-state index in [1.54, 1.807) is 36.4 Å². The van der Waals surface area contributed by atoms with Crippen molar-refractivity contribution < 1.29 is 27.8 Å². The van der Waals surface area contributed by atoms with Crippen molar-refractivity contribution in [3.05, 3.63) is 53.6 Å². The molecule has 0 aliphatic carbocycles. The van der Waals surface area contributed by atoms with Crippen LogP contribution in [0.3, 0.4) is 0 Å². The van der Waals surface area contributed by atoms with E-state index >= 15 is 0 Å². The molecule has 0 fully saturated rings. The standard InChI is InChI=1S/C21H25F2NO4/c1-14(2)13-27-17-6-4-5-16(12-17)20(25)24-10-9-15-7-8-18(26-3)19(11-15)28-21(22)23/h4-8,11-12,14,21H,9-10,13H2,1-3H3,(H,24,25). The smallest absolute Gasteiger partial charge is 0.387 e. The summed E-state index contributed by atoms with van der Waals surface area (Å²) in [4.78, 5) is 12.3. The maximum atomic E-state index is 12.5. The van der Waals surface area contributed by atoms with Gasteiger partial charge in [0.15, 0.2) is 11.5 Å². The van der Waals surface area contributed by atoms with Gasteiger partial charge in [-0.2, -0.15) is 8.78 Å². The lowest BCUT2D eigenvalue weighted by atomic mass is 10.1. The van der Waals surface area contributed by atoms with Crippen molar-refractivity contribution in [3.63, 3.8) is 0 Å². The number of alkyl halides is 2. The Morgan fingerprint density at radius 2 is 1.89 bits per heavy atom. The fourth-order valence-electron chi connectivity index (χ4n) is 2.48. The van der Waals surface area contributed by atoms with Crippen LogP contribution in [0.1, 0.15) is 29.8 Å². The number of hydrogen-bond acceptors (Lipinski definition) is 4. The van der Waals surface area contributed by atoms with Crippen LogP contribution in [0.4, 0.5) is 8.78 Å². The van der Waals surface area contributed by atoms with Gasteiger partial charge in [0, 0.05) is 12.1 Å². The average Bonchev–Trinajstić information content (AvgIpc) is 2.66. The van der Waals surface area contributed by atoms with E-state index in [9.17, 15) is 13.6 Å². The minimum Gasteiger partial charge on any atom is -0.493 e. The summed E-state index contributed by atoms with van der Waals surface area (Å²) in [5.41, 5.74) is 1.24. The summed E-state index contributed by atoms with van der Waals surface area (Å²) in [5, 5.41) is 2.81. The Hall–Kier alpha value is -2.83. The normalized spacial score (nSPS) is 10.8. The zero-order valence-corrected chi connectivity index (χ0v) is 16.2. The minimum atomic E-state index is -2.94. The van der Waals surface area contributed by atoms with Crippen LogP contribution in [0.5, 0.6) is 17.2 Å². The van der Waals surface area contributed by atoms with Crippen molar-refractivity contribution in [1.29, 1.82) is 0 Å². The molecule has 1 amide bonds. The van der Waals surface area contributed by atoms with Crippen LogP contribution in [0, 0.1) is 5.92 Å². The van der Waals surface area contributed by atoms with Gasteiger partial charge in [-0.25, -0.2) is 0 Å². The van der Waals surface area contributed by atoms with E-state index in [0.717, 1.165) is 5.56 Å². The van der Waals surface area contributed by atoms with Gasteiger partial charge in [0.1, 0.15) is 5.75 Å². The highest BCUT2D eigenvalue weighted by molar-refractivity contribution is 5.94. The molecule has 0 unspecified atom stereocenters. The van der Waals surface area contributed by atoms with Gasteiger partial charge in [-0.15, -0.1) is 0 Å². The number of benzene rings is 2. The summed E-state index contributed by atoms with van der Waals surface area (Å²) < 4.78 is 40.1. The van der Waals surface area contributed by atoms with Crippen LogP contribution >= 0.6 is 0 Å². The van der Waals surface area contributed by atoms with Crippen LogP contribution < -0.4 is 19.5 Å². The third kappa shape index (κ3) is 6.72. The molecule has 7 heteroatoms. The van der Waals surface area contributed by atoms with E-state index in [1.807, 2.05) is 13.8 Å². The molecular formula is C21H25F2NO4. The molecule has 1 N–H and O–H groups in total. The molecule has 0 heterocycles. The van der Waals surface area contributed by atoms with Gasteiger partial charge in [0.05, 0.1) is 13.7 Å². The first-order valence-electron chi connectivity index (χ1n) is 9.02. The molecule has 2 aromatic carbocycles. The SMILES string of the molecule is COc1ccc(CCNC(=O)c2cccc(OCC(C)C)c2)cc1OC(F)F. The third-order valence-electron chi connectivity index (χ3n) is 3.82. The van der Waals surface area contributed by atoms with Crippen molar-refractivity contribution in [2.75, 3.05) is 20.3 Å². The fourth-order valence-corrected chi connectivity index (χ4v) is 2.48. The number of hydrogen-bond donors (Lipinski definition) is 1. The molecule has 0 aliphatic rings. The highest BCUT2D eigenvalue weighted by Gasteiger charge is 2.12. The van der Waals surface area contributed by atoms with Crippen LogP contribution in [-0.4, -0.2) is 32.8 Å². The summed E-state index contributed by atoms with van der Waals surface area (Å²) in [7, 11) is 1.38. The first-order valence-corrected chi connectivity index (χ1v) is 9.02. The number of rotatable bonds is 10. The van der Waals surface area contributed by atoms with Crippen molar-refractivity contribution in [2.45, 2.75) is 26.9 Å². The number of nitrogens with one attached hydrogen (secondary N) is 1. The van der Waals surface area contributed by atoms with Gasteiger partial charge < -0.3 is 19.5 Å². The fraction of sp³-hybridized carbons (Fsp3) is 0.381. The quantitative estimate of drug-likeness (QED) is 0.654. The molecule has 0 bridgehead atoms. The third-order valence-corrected chi connectivity index (χ3v) is 3.82. The number of carbonyl (C=O) groups is 1. The Morgan fingerprint density at radius 3 is 2.57 bits per heavy atom. The molecule has 0 aliphatic heterocycles. The maximum Gasteiger partial charge on any atom is 0.387 e. The van der Waals surface area contributed by atoms with Gasteiger partial charge >= 0.3 is 6.61 Å². The Kier molecular flexibility index (Phi) is 8.04. The number of carbonyl (C=O) groups excluding carboxylic acids is 1.